The van der Waals surface area contributed by atoms with Crippen molar-refractivity contribution in [1.29, 1.82) is 0 Å². The van der Waals surface area contributed by atoms with Crippen LogP contribution in [-0.2, 0) is 4.79 Å². The van der Waals surface area contributed by atoms with E-state index in [1.807, 2.05) is 19.1 Å². The molecule has 1 amide bonds. The van der Waals surface area contributed by atoms with Crippen LogP contribution in [0.1, 0.15) is 45.1 Å². The van der Waals surface area contributed by atoms with Crippen LogP contribution in [0.5, 0.6) is 0 Å². The van der Waals surface area contributed by atoms with Crippen LogP contribution in [0.15, 0.2) is 24.5 Å². The molecule has 1 fully saturated rings. The van der Waals surface area contributed by atoms with Crippen molar-refractivity contribution in [2.75, 3.05) is 19.6 Å². The number of likely N-dealkylation sites (tertiary alicyclic amines) is 1. The Morgan fingerprint density at radius 2 is 2.10 bits per heavy atom. The summed E-state index contributed by atoms with van der Waals surface area (Å²) in [6.07, 6.45) is 5.62. The van der Waals surface area contributed by atoms with E-state index in [4.69, 9.17) is 0 Å². The number of amides is 1. The molecule has 0 aliphatic carbocycles. The van der Waals surface area contributed by atoms with Gasteiger partial charge in [-0.2, -0.15) is 0 Å². The normalized spacial score (nSPS) is 18.7. The van der Waals surface area contributed by atoms with Gasteiger partial charge in [0, 0.05) is 38.1 Å². The molecular weight excluding hydrogens is 262 g/mol. The van der Waals surface area contributed by atoms with Gasteiger partial charge in [-0.05, 0) is 37.3 Å². The number of carbonyl (C=O) groups excluding carboxylic acids is 1. The van der Waals surface area contributed by atoms with Gasteiger partial charge in [0.1, 0.15) is 0 Å². The highest BCUT2D eigenvalue weighted by atomic mass is 16.1. The van der Waals surface area contributed by atoms with Crippen molar-refractivity contribution in [2.45, 2.75) is 45.6 Å². The van der Waals surface area contributed by atoms with E-state index in [-0.39, 0.29) is 11.8 Å². The van der Waals surface area contributed by atoms with Crippen LogP contribution in [0.2, 0.25) is 0 Å². The summed E-state index contributed by atoms with van der Waals surface area (Å²) in [4.78, 5) is 18.9. The van der Waals surface area contributed by atoms with Crippen LogP contribution < -0.4 is 5.32 Å². The number of nitrogens with one attached hydrogen (secondary N) is 1. The molecule has 4 heteroatoms. The molecule has 1 aliphatic rings. The Kier molecular flexibility index (Phi) is 5.74. The van der Waals surface area contributed by atoms with Gasteiger partial charge in [0.25, 0.3) is 0 Å². The zero-order valence-electron chi connectivity index (χ0n) is 13.4. The predicted octanol–water partition coefficient (Wildman–Crippen LogP) is 2.42. The van der Waals surface area contributed by atoms with Crippen molar-refractivity contribution in [3.05, 3.63) is 30.1 Å². The molecule has 1 N–H and O–H groups in total. The third-order valence-corrected chi connectivity index (χ3v) is 4.14. The molecule has 1 aromatic rings. The number of hydrogen-bond donors (Lipinski definition) is 1. The van der Waals surface area contributed by atoms with Gasteiger partial charge in [-0.25, -0.2) is 0 Å². The maximum absolute atomic E-state index is 12.3. The highest BCUT2D eigenvalue weighted by Crippen LogP contribution is 2.16. The van der Waals surface area contributed by atoms with Gasteiger partial charge in [0.05, 0.1) is 5.92 Å². The minimum absolute atomic E-state index is 0.116. The van der Waals surface area contributed by atoms with Crippen molar-refractivity contribution in [3.8, 4) is 0 Å². The van der Waals surface area contributed by atoms with Gasteiger partial charge in [0.2, 0.25) is 5.91 Å². The Labute approximate surface area is 127 Å². The van der Waals surface area contributed by atoms with Crippen molar-refractivity contribution in [3.63, 3.8) is 0 Å². The van der Waals surface area contributed by atoms with Crippen molar-refractivity contribution in [2.24, 2.45) is 5.92 Å². The third-order valence-electron chi connectivity index (χ3n) is 4.14. The van der Waals surface area contributed by atoms with Gasteiger partial charge in [-0.15, -0.1) is 0 Å². The second-order valence-corrected chi connectivity index (χ2v) is 6.49. The van der Waals surface area contributed by atoms with Crippen LogP contribution in [0.25, 0.3) is 0 Å². The van der Waals surface area contributed by atoms with E-state index in [2.05, 4.69) is 29.0 Å². The van der Waals surface area contributed by atoms with E-state index in [0.29, 0.717) is 12.0 Å². The minimum atomic E-state index is -0.132. The summed E-state index contributed by atoms with van der Waals surface area (Å²) < 4.78 is 0. The van der Waals surface area contributed by atoms with Gasteiger partial charge < -0.3 is 10.2 Å². The summed E-state index contributed by atoms with van der Waals surface area (Å²) in [5, 5.41) is 3.20. The van der Waals surface area contributed by atoms with Crippen LogP contribution in [0.4, 0.5) is 0 Å². The Morgan fingerprint density at radius 1 is 1.38 bits per heavy atom. The first kappa shape index (κ1) is 16.0. The number of rotatable bonds is 5. The van der Waals surface area contributed by atoms with E-state index < -0.39 is 0 Å². The fourth-order valence-corrected chi connectivity index (χ4v) is 2.89. The molecular formula is C17H27N3O. The molecule has 1 aliphatic heterocycles. The van der Waals surface area contributed by atoms with E-state index in [1.165, 1.54) is 0 Å². The van der Waals surface area contributed by atoms with E-state index in [9.17, 15) is 4.79 Å². The third kappa shape index (κ3) is 4.81. The molecule has 0 spiro atoms. The summed E-state index contributed by atoms with van der Waals surface area (Å²) in [6, 6.07) is 4.16. The highest BCUT2D eigenvalue weighted by molar-refractivity contribution is 5.83. The van der Waals surface area contributed by atoms with Crippen molar-refractivity contribution in [1.82, 2.24) is 15.2 Å². The molecule has 116 valence electrons. The molecule has 0 bridgehead atoms. The lowest BCUT2D eigenvalue weighted by atomic mass is 9.99. The summed E-state index contributed by atoms with van der Waals surface area (Å²) in [5.74, 6) is 0.694. The lowest BCUT2D eigenvalue weighted by Gasteiger charge is -2.33. The summed E-state index contributed by atoms with van der Waals surface area (Å²) in [7, 11) is 0. The Bertz CT molecular complexity index is 439. The van der Waals surface area contributed by atoms with Crippen LogP contribution in [0, 0.1) is 5.92 Å². The number of carbonyl (C=O) groups is 1. The number of pyridine rings is 1. The largest absolute Gasteiger partial charge is 0.353 e. The first-order valence-electron chi connectivity index (χ1n) is 7.99. The quantitative estimate of drug-likeness (QED) is 0.905. The lowest BCUT2D eigenvalue weighted by Crippen LogP contribution is -2.46. The number of hydrogen-bond acceptors (Lipinski definition) is 3. The highest BCUT2D eigenvalue weighted by Gasteiger charge is 2.23. The monoisotopic (exact) mass is 289 g/mol. The first-order chi connectivity index (χ1) is 10.1. The molecule has 0 aromatic carbocycles. The zero-order chi connectivity index (χ0) is 15.2. The second-order valence-electron chi connectivity index (χ2n) is 6.49. The van der Waals surface area contributed by atoms with Crippen LogP contribution in [-0.4, -0.2) is 41.5 Å². The Balaban J connectivity index is 1.79. The fraction of sp³-hybridized carbons (Fsp3) is 0.647. The van der Waals surface area contributed by atoms with Crippen LogP contribution in [0.3, 0.4) is 0 Å². The van der Waals surface area contributed by atoms with Gasteiger partial charge in [-0.1, -0.05) is 19.9 Å². The van der Waals surface area contributed by atoms with Crippen molar-refractivity contribution >= 4 is 5.91 Å². The number of nitrogens with zero attached hydrogens (tertiary/aromatic N) is 2. The zero-order valence-corrected chi connectivity index (χ0v) is 13.4. The molecule has 4 nitrogen and oxygen atoms in total. The molecule has 1 saturated heterocycles. The molecule has 2 rings (SSSR count). The fourth-order valence-electron chi connectivity index (χ4n) is 2.89. The van der Waals surface area contributed by atoms with Gasteiger partial charge >= 0.3 is 0 Å². The maximum atomic E-state index is 12.3. The minimum Gasteiger partial charge on any atom is -0.353 e. The molecule has 1 atom stereocenters. The topological polar surface area (TPSA) is 45.2 Å². The number of piperidine rings is 1. The summed E-state index contributed by atoms with van der Waals surface area (Å²) >= 11 is 0. The Morgan fingerprint density at radius 3 is 2.67 bits per heavy atom. The standard InChI is InChI=1S/C17H27N3O/c1-13(2)12-20-9-6-16(7-10-20)19-17(21)14(3)15-5-4-8-18-11-15/h4-5,8,11,13-14,16H,6-7,9-10,12H2,1-3H3,(H,19,21)/t14-/m1/s1. The smallest absolute Gasteiger partial charge is 0.227 e. The Hall–Kier alpha value is -1.42. The first-order valence-corrected chi connectivity index (χ1v) is 7.99. The second kappa shape index (κ2) is 7.55. The van der Waals surface area contributed by atoms with E-state index in [0.717, 1.165) is 38.0 Å². The van der Waals surface area contributed by atoms with Gasteiger partial charge in [0.15, 0.2) is 0 Å². The molecule has 1 aromatic heterocycles. The maximum Gasteiger partial charge on any atom is 0.227 e. The SMILES string of the molecule is CC(C)CN1CCC(NC(=O)[C@H](C)c2cccnc2)CC1. The van der Waals surface area contributed by atoms with Gasteiger partial charge in [-0.3, -0.25) is 9.78 Å². The molecule has 0 unspecified atom stereocenters. The van der Waals surface area contributed by atoms with Crippen LogP contribution >= 0.6 is 0 Å². The lowest BCUT2D eigenvalue weighted by molar-refractivity contribution is -0.123. The van der Waals surface area contributed by atoms with Crippen molar-refractivity contribution < 1.29 is 4.79 Å². The average molecular weight is 289 g/mol. The average Bonchev–Trinajstić information content (AvgIpc) is 2.49. The number of aromatic nitrogens is 1. The van der Waals surface area contributed by atoms with E-state index in [1.54, 1.807) is 12.4 Å². The molecule has 2 heterocycles. The summed E-state index contributed by atoms with van der Waals surface area (Å²) in [5.41, 5.74) is 0.979. The molecule has 0 saturated carbocycles. The molecule has 21 heavy (non-hydrogen) atoms. The summed E-state index contributed by atoms with van der Waals surface area (Å²) in [6.45, 7) is 9.79. The van der Waals surface area contributed by atoms with E-state index >= 15 is 0 Å². The molecule has 0 radical (unpaired) electrons. The predicted molar refractivity (Wildman–Crippen MR) is 85.1 cm³/mol.